The predicted octanol–water partition coefficient (Wildman–Crippen LogP) is 9.17. The van der Waals surface area contributed by atoms with E-state index in [-0.39, 0.29) is 0 Å². The molecule has 0 amide bonds. The maximum atomic E-state index is 10.9. The molecule has 2 nitrogen and oxygen atoms in total. The number of benzene rings is 2. The number of hydrogen-bond donors (Lipinski definition) is 2. The van der Waals surface area contributed by atoms with E-state index in [2.05, 4.69) is 79.7 Å². The van der Waals surface area contributed by atoms with Gasteiger partial charge in [0, 0.05) is 9.79 Å². The van der Waals surface area contributed by atoms with Crippen LogP contribution >= 0.6 is 23.5 Å². The summed E-state index contributed by atoms with van der Waals surface area (Å²) in [5.41, 5.74) is 4.82. The Hall–Kier alpha value is -1.26. The molecular weight excluding hydrogens is 468 g/mol. The zero-order valence-electron chi connectivity index (χ0n) is 23.3. The van der Waals surface area contributed by atoms with Crippen LogP contribution in [0.4, 0.5) is 0 Å². The molecule has 4 heteroatoms. The summed E-state index contributed by atoms with van der Waals surface area (Å²) < 4.78 is 0. The SMILES string of the molecule is CC(C)Cc1cc(CC(C)C)c(O)c(SCCCSc2cc(CC(C)C)cc(CC(C)C)c2O)c1. The zero-order valence-corrected chi connectivity index (χ0v) is 24.9. The number of rotatable bonds is 14. The summed E-state index contributed by atoms with van der Waals surface area (Å²) in [5.74, 6) is 5.09. The van der Waals surface area contributed by atoms with Crippen LogP contribution in [0.15, 0.2) is 34.1 Å². The van der Waals surface area contributed by atoms with Gasteiger partial charge in [-0.3, -0.25) is 0 Å². The van der Waals surface area contributed by atoms with Gasteiger partial charge in [0.05, 0.1) is 0 Å². The van der Waals surface area contributed by atoms with Gasteiger partial charge in [-0.1, -0.05) is 67.5 Å². The van der Waals surface area contributed by atoms with Gasteiger partial charge in [-0.05, 0) is 102 Å². The summed E-state index contributed by atoms with van der Waals surface area (Å²) >= 11 is 3.53. The fourth-order valence-electron chi connectivity index (χ4n) is 4.47. The third-order valence-electron chi connectivity index (χ3n) is 5.78. The Morgan fingerprint density at radius 1 is 0.543 bits per heavy atom. The highest BCUT2D eigenvalue weighted by Gasteiger charge is 2.15. The quantitative estimate of drug-likeness (QED) is 0.194. The molecule has 2 aromatic rings. The number of phenols is 2. The van der Waals surface area contributed by atoms with Crippen LogP contribution in [0.1, 0.15) is 84.1 Å². The molecule has 0 unspecified atom stereocenters. The first kappa shape index (κ1) is 30.0. The molecule has 0 fully saturated rings. The zero-order chi connectivity index (χ0) is 26.1. The lowest BCUT2D eigenvalue weighted by molar-refractivity contribution is 0.448. The number of phenolic OH excluding ortho intramolecular Hbond substituents is 2. The van der Waals surface area contributed by atoms with Gasteiger partial charge in [-0.25, -0.2) is 0 Å². The van der Waals surface area contributed by atoms with Gasteiger partial charge in [0.2, 0.25) is 0 Å². The summed E-state index contributed by atoms with van der Waals surface area (Å²) in [4.78, 5) is 2.04. The van der Waals surface area contributed by atoms with Crippen LogP contribution < -0.4 is 0 Å². The predicted molar refractivity (Wildman–Crippen MR) is 156 cm³/mol. The first-order valence-electron chi connectivity index (χ1n) is 13.4. The van der Waals surface area contributed by atoms with Gasteiger partial charge in [-0.15, -0.1) is 23.5 Å². The molecule has 0 bridgehead atoms. The van der Waals surface area contributed by atoms with Crippen molar-refractivity contribution in [2.24, 2.45) is 23.7 Å². The second-order valence-corrected chi connectivity index (χ2v) is 13.9. The number of hydrogen-bond acceptors (Lipinski definition) is 4. The lowest BCUT2D eigenvalue weighted by Crippen LogP contribution is -2.01. The van der Waals surface area contributed by atoms with Gasteiger partial charge in [-0.2, -0.15) is 0 Å². The van der Waals surface area contributed by atoms with E-state index in [1.807, 2.05) is 0 Å². The van der Waals surface area contributed by atoms with Gasteiger partial charge in [0.25, 0.3) is 0 Å². The normalized spacial score (nSPS) is 12.0. The average molecular weight is 517 g/mol. The number of aromatic hydroxyl groups is 2. The highest BCUT2D eigenvalue weighted by Crippen LogP contribution is 2.38. The molecule has 0 saturated heterocycles. The Morgan fingerprint density at radius 3 is 1.20 bits per heavy atom. The Labute approximate surface area is 223 Å². The second-order valence-electron chi connectivity index (χ2n) is 11.6. The Kier molecular flexibility index (Phi) is 12.4. The van der Waals surface area contributed by atoms with E-state index < -0.39 is 0 Å². The topological polar surface area (TPSA) is 40.5 Å². The molecule has 0 saturated carbocycles. The van der Waals surface area contributed by atoms with Crippen molar-refractivity contribution in [3.63, 3.8) is 0 Å². The van der Waals surface area contributed by atoms with E-state index in [0.717, 1.165) is 64.5 Å². The van der Waals surface area contributed by atoms with Gasteiger partial charge < -0.3 is 10.2 Å². The highest BCUT2D eigenvalue weighted by molar-refractivity contribution is 8.00. The van der Waals surface area contributed by atoms with Gasteiger partial charge >= 0.3 is 0 Å². The van der Waals surface area contributed by atoms with Gasteiger partial charge in [0.15, 0.2) is 0 Å². The molecule has 0 heterocycles. The van der Waals surface area contributed by atoms with E-state index in [1.54, 1.807) is 23.5 Å². The van der Waals surface area contributed by atoms with Crippen molar-refractivity contribution in [2.45, 2.75) is 97.3 Å². The molecule has 35 heavy (non-hydrogen) atoms. The standard InChI is InChI=1S/C31H48O2S2/c1-20(2)12-24-16-26(14-22(5)6)30(32)28(18-24)34-10-9-11-35-29-19-25(13-21(3)4)17-27(31(29)33)15-23(7)8/h16-23,32-33H,9-15H2,1-8H3. The van der Waals surface area contributed by atoms with E-state index >= 15 is 0 Å². The largest absolute Gasteiger partial charge is 0.506 e. The maximum absolute atomic E-state index is 10.9. The third-order valence-corrected chi connectivity index (χ3v) is 8.01. The highest BCUT2D eigenvalue weighted by atomic mass is 32.2. The summed E-state index contributed by atoms with van der Waals surface area (Å²) in [6.45, 7) is 17.8. The van der Waals surface area contributed by atoms with E-state index in [9.17, 15) is 10.2 Å². The smallest absolute Gasteiger partial charge is 0.132 e. The molecule has 0 aliphatic rings. The van der Waals surface area contributed by atoms with Gasteiger partial charge in [0.1, 0.15) is 11.5 Å². The van der Waals surface area contributed by atoms with E-state index in [1.165, 1.54) is 11.1 Å². The van der Waals surface area contributed by atoms with Crippen LogP contribution in [0.2, 0.25) is 0 Å². The maximum Gasteiger partial charge on any atom is 0.132 e. The fraction of sp³-hybridized carbons (Fsp3) is 0.613. The van der Waals surface area contributed by atoms with Crippen molar-refractivity contribution in [1.82, 2.24) is 0 Å². The summed E-state index contributed by atoms with van der Waals surface area (Å²) in [6, 6.07) is 8.79. The van der Waals surface area contributed by atoms with Crippen molar-refractivity contribution in [2.75, 3.05) is 11.5 Å². The fourth-order valence-corrected chi connectivity index (χ4v) is 6.68. The monoisotopic (exact) mass is 516 g/mol. The van der Waals surface area contributed by atoms with Crippen LogP contribution in [0.3, 0.4) is 0 Å². The first-order chi connectivity index (χ1) is 16.5. The summed E-state index contributed by atoms with van der Waals surface area (Å²) in [6.07, 6.45) is 4.92. The lowest BCUT2D eigenvalue weighted by Gasteiger charge is -2.16. The second kappa shape index (κ2) is 14.5. The summed E-state index contributed by atoms with van der Waals surface area (Å²) in [7, 11) is 0. The van der Waals surface area contributed by atoms with Crippen molar-refractivity contribution in [3.8, 4) is 11.5 Å². The molecule has 0 atom stereocenters. The minimum absolute atomic E-state index is 0.473. The molecule has 2 aromatic carbocycles. The van der Waals surface area contributed by atoms with Crippen molar-refractivity contribution in [1.29, 1.82) is 0 Å². The van der Waals surface area contributed by atoms with E-state index in [0.29, 0.717) is 35.2 Å². The van der Waals surface area contributed by atoms with Crippen molar-refractivity contribution >= 4 is 23.5 Å². The van der Waals surface area contributed by atoms with Crippen LogP contribution in [0.5, 0.6) is 11.5 Å². The Morgan fingerprint density at radius 2 is 0.886 bits per heavy atom. The van der Waals surface area contributed by atoms with Crippen LogP contribution in [-0.4, -0.2) is 21.7 Å². The molecule has 0 aliphatic carbocycles. The molecule has 0 radical (unpaired) electrons. The average Bonchev–Trinajstić information content (AvgIpc) is 2.72. The van der Waals surface area contributed by atoms with Crippen LogP contribution in [0, 0.1) is 23.7 Å². The van der Waals surface area contributed by atoms with E-state index in [4.69, 9.17) is 0 Å². The van der Waals surface area contributed by atoms with Crippen LogP contribution in [-0.2, 0) is 25.7 Å². The minimum atomic E-state index is 0.473. The molecule has 0 aliphatic heterocycles. The third kappa shape index (κ3) is 10.3. The minimum Gasteiger partial charge on any atom is -0.506 e. The van der Waals surface area contributed by atoms with Crippen molar-refractivity contribution < 1.29 is 10.2 Å². The Balaban J connectivity index is 2.05. The molecule has 2 rings (SSSR count). The molecule has 2 N–H and O–H groups in total. The molecular formula is C31H48O2S2. The summed E-state index contributed by atoms with van der Waals surface area (Å²) in [5, 5.41) is 21.8. The molecule has 0 spiro atoms. The molecule has 196 valence electrons. The lowest BCUT2D eigenvalue weighted by atomic mass is 9.96. The number of thioether (sulfide) groups is 2. The van der Waals surface area contributed by atoms with Crippen molar-refractivity contribution in [3.05, 3.63) is 46.5 Å². The molecule has 0 aromatic heterocycles. The first-order valence-corrected chi connectivity index (χ1v) is 15.4. The van der Waals surface area contributed by atoms with Crippen LogP contribution in [0.25, 0.3) is 0 Å². The Bertz CT molecular complexity index is 857.